The molecule has 1 amide bonds. The fourth-order valence-corrected chi connectivity index (χ4v) is 3.68. The lowest BCUT2D eigenvalue weighted by Gasteiger charge is -2.36. The molecule has 4 rings (SSSR count). The molecule has 2 aromatic heterocycles. The molecule has 0 spiro atoms. The summed E-state index contributed by atoms with van der Waals surface area (Å²) in [5.41, 5.74) is 0.595. The molecule has 0 saturated carbocycles. The number of aryl methyl sites for hydroxylation is 1. The lowest BCUT2D eigenvalue weighted by molar-refractivity contribution is 0.0746. The van der Waals surface area contributed by atoms with Crippen molar-refractivity contribution in [2.45, 2.75) is 13.5 Å². The third-order valence-corrected chi connectivity index (χ3v) is 5.15. The standard InChI is InChI=1S/C21H21FN4O3/c1-3-8-26-13-23-19-18(21(26)28)17(14(2)29-19)20(27)25-11-9-24(10-12-25)16-7-5-4-6-15(16)22/h3-7,13H,1,8-12H2,2H3. The van der Waals surface area contributed by atoms with Crippen molar-refractivity contribution in [2.75, 3.05) is 31.1 Å². The van der Waals surface area contributed by atoms with Gasteiger partial charge in [-0.15, -0.1) is 6.58 Å². The van der Waals surface area contributed by atoms with Gasteiger partial charge in [-0.3, -0.25) is 14.2 Å². The molecule has 0 atom stereocenters. The number of hydrogen-bond acceptors (Lipinski definition) is 5. The number of fused-ring (bicyclic) bond motifs is 1. The second-order valence-electron chi connectivity index (χ2n) is 6.93. The van der Waals surface area contributed by atoms with E-state index in [4.69, 9.17) is 4.42 Å². The summed E-state index contributed by atoms with van der Waals surface area (Å²) in [5, 5.41) is 0.188. The number of amides is 1. The highest BCUT2D eigenvalue weighted by Gasteiger charge is 2.29. The van der Waals surface area contributed by atoms with Crippen LogP contribution in [-0.2, 0) is 6.54 Å². The summed E-state index contributed by atoms with van der Waals surface area (Å²) in [6.45, 7) is 7.42. The number of allylic oxidation sites excluding steroid dienone is 1. The van der Waals surface area contributed by atoms with Gasteiger partial charge in [0.15, 0.2) is 0 Å². The summed E-state index contributed by atoms with van der Waals surface area (Å²) in [6, 6.07) is 6.60. The van der Waals surface area contributed by atoms with E-state index in [1.807, 2.05) is 4.90 Å². The van der Waals surface area contributed by atoms with E-state index in [0.717, 1.165) is 0 Å². The molecule has 8 heteroatoms. The smallest absolute Gasteiger partial charge is 0.265 e. The second kappa shape index (κ2) is 7.54. The van der Waals surface area contributed by atoms with E-state index >= 15 is 0 Å². The van der Waals surface area contributed by atoms with Crippen LogP contribution in [0.2, 0.25) is 0 Å². The van der Waals surface area contributed by atoms with Crippen LogP contribution in [0.5, 0.6) is 0 Å². The van der Waals surface area contributed by atoms with Crippen LogP contribution in [0.25, 0.3) is 11.1 Å². The zero-order valence-corrected chi connectivity index (χ0v) is 16.1. The summed E-state index contributed by atoms with van der Waals surface area (Å²) in [4.78, 5) is 33.8. The van der Waals surface area contributed by atoms with Crippen molar-refractivity contribution in [3.63, 3.8) is 0 Å². The molecule has 0 N–H and O–H groups in total. The third-order valence-electron chi connectivity index (χ3n) is 5.15. The second-order valence-corrected chi connectivity index (χ2v) is 6.93. The maximum absolute atomic E-state index is 14.0. The summed E-state index contributed by atoms with van der Waals surface area (Å²) >= 11 is 0. The number of aromatic nitrogens is 2. The average Bonchev–Trinajstić information content (AvgIpc) is 3.07. The van der Waals surface area contributed by atoms with Crippen LogP contribution in [0, 0.1) is 12.7 Å². The van der Waals surface area contributed by atoms with Gasteiger partial charge in [0.1, 0.15) is 23.3 Å². The molecule has 150 valence electrons. The Balaban J connectivity index is 1.61. The van der Waals surface area contributed by atoms with Crippen molar-refractivity contribution in [2.24, 2.45) is 0 Å². The van der Waals surface area contributed by atoms with Gasteiger partial charge in [-0.05, 0) is 19.1 Å². The van der Waals surface area contributed by atoms with Crippen LogP contribution in [0.3, 0.4) is 0 Å². The van der Waals surface area contributed by atoms with Gasteiger partial charge < -0.3 is 14.2 Å². The molecule has 0 unspecified atom stereocenters. The first-order valence-electron chi connectivity index (χ1n) is 9.39. The summed E-state index contributed by atoms with van der Waals surface area (Å²) in [7, 11) is 0. The van der Waals surface area contributed by atoms with Crippen molar-refractivity contribution in [3.05, 3.63) is 70.7 Å². The van der Waals surface area contributed by atoms with Gasteiger partial charge in [0.2, 0.25) is 5.71 Å². The molecule has 1 aromatic carbocycles. The number of anilines is 1. The van der Waals surface area contributed by atoms with E-state index in [2.05, 4.69) is 11.6 Å². The van der Waals surface area contributed by atoms with Gasteiger partial charge in [-0.1, -0.05) is 18.2 Å². The Hall–Kier alpha value is -3.42. The Morgan fingerprint density at radius 3 is 2.69 bits per heavy atom. The van der Waals surface area contributed by atoms with Crippen LogP contribution in [0.15, 0.2) is 52.5 Å². The number of nitrogens with zero attached hydrogens (tertiary/aromatic N) is 4. The number of hydrogen-bond donors (Lipinski definition) is 0. The van der Waals surface area contributed by atoms with E-state index in [-0.39, 0.29) is 33.9 Å². The fraction of sp³-hybridized carbons (Fsp3) is 0.286. The molecule has 1 aliphatic heterocycles. The molecule has 1 fully saturated rings. The zero-order valence-electron chi connectivity index (χ0n) is 16.1. The minimum absolute atomic E-state index is 0.154. The van der Waals surface area contributed by atoms with Crippen molar-refractivity contribution in [1.29, 1.82) is 0 Å². The Labute approximate surface area is 166 Å². The topological polar surface area (TPSA) is 71.6 Å². The van der Waals surface area contributed by atoms with Gasteiger partial charge in [-0.2, -0.15) is 0 Å². The van der Waals surface area contributed by atoms with E-state index in [1.165, 1.54) is 17.0 Å². The van der Waals surface area contributed by atoms with Crippen molar-refractivity contribution < 1.29 is 13.6 Å². The quantitative estimate of drug-likeness (QED) is 0.634. The highest BCUT2D eigenvalue weighted by atomic mass is 19.1. The van der Waals surface area contributed by atoms with Gasteiger partial charge in [-0.25, -0.2) is 9.37 Å². The first kappa shape index (κ1) is 18.9. The lowest BCUT2D eigenvalue weighted by Crippen LogP contribution is -2.49. The van der Waals surface area contributed by atoms with Gasteiger partial charge in [0.05, 0.1) is 11.3 Å². The van der Waals surface area contributed by atoms with Crippen LogP contribution >= 0.6 is 0 Å². The number of furan rings is 1. The highest BCUT2D eigenvalue weighted by Crippen LogP contribution is 2.25. The Bertz CT molecular complexity index is 1140. The van der Waals surface area contributed by atoms with E-state index in [9.17, 15) is 14.0 Å². The molecule has 29 heavy (non-hydrogen) atoms. The Kier molecular flexibility index (Phi) is 4.92. The number of carbonyl (C=O) groups excluding carboxylic acids is 1. The van der Waals surface area contributed by atoms with Gasteiger partial charge in [0, 0.05) is 32.7 Å². The first-order valence-corrected chi connectivity index (χ1v) is 9.39. The lowest BCUT2D eigenvalue weighted by atomic mass is 10.1. The monoisotopic (exact) mass is 396 g/mol. The molecule has 3 heterocycles. The summed E-state index contributed by atoms with van der Waals surface area (Å²) in [6.07, 6.45) is 2.97. The van der Waals surface area contributed by atoms with Crippen LogP contribution in [0.1, 0.15) is 16.1 Å². The molecular weight excluding hydrogens is 375 g/mol. The number of halogens is 1. The number of piperazine rings is 1. The van der Waals surface area contributed by atoms with Crippen molar-refractivity contribution >= 4 is 22.7 Å². The van der Waals surface area contributed by atoms with Crippen LogP contribution in [-0.4, -0.2) is 46.5 Å². The number of rotatable bonds is 4. The van der Waals surface area contributed by atoms with E-state index in [1.54, 1.807) is 36.1 Å². The van der Waals surface area contributed by atoms with Crippen LogP contribution < -0.4 is 10.5 Å². The molecule has 0 aliphatic carbocycles. The minimum Gasteiger partial charge on any atom is -0.442 e. The summed E-state index contributed by atoms with van der Waals surface area (Å²) < 4.78 is 21.0. The predicted molar refractivity (Wildman–Crippen MR) is 108 cm³/mol. The molecule has 1 saturated heterocycles. The molecule has 0 bridgehead atoms. The van der Waals surface area contributed by atoms with Gasteiger partial charge in [0.25, 0.3) is 11.5 Å². The van der Waals surface area contributed by atoms with E-state index in [0.29, 0.717) is 44.2 Å². The largest absolute Gasteiger partial charge is 0.442 e. The third kappa shape index (κ3) is 3.30. The number of para-hydroxylation sites is 1. The first-order chi connectivity index (χ1) is 14.0. The Morgan fingerprint density at radius 2 is 2.00 bits per heavy atom. The predicted octanol–water partition coefficient (Wildman–Crippen LogP) is 2.59. The highest BCUT2D eigenvalue weighted by molar-refractivity contribution is 6.06. The maximum Gasteiger partial charge on any atom is 0.265 e. The van der Waals surface area contributed by atoms with Crippen molar-refractivity contribution in [3.8, 4) is 0 Å². The number of carbonyl (C=O) groups is 1. The molecule has 3 aromatic rings. The van der Waals surface area contributed by atoms with Crippen LogP contribution in [0.4, 0.5) is 10.1 Å². The summed E-state index contributed by atoms with van der Waals surface area (Å²) in [5.74, 6) is -0.190. The van der Waals surface area contributed by atoms with Crippen molar-refractivity contribution in [1.82, 2.24) is 14.5 Å². The molecule has 0 radical (unpaired) electrons. The maximum atomic E-state index is 14.0. The zero-order chi connectivity index (χ0) is 20.5. The van der Waals surface area contributed by atoms with E-state index < -0.39 is 0 Å². The Morgan fingerprint density at radius 1 is 1.28 bits per heavy atom. The molecule has 7 nitrogen and oxygen atoms in total. The number of benzene rings is 1. The molecular formula is C21H21FN4O3. The molecule has 1 aliphatic rings. The normalized spacial score (nSPS) is 14.4. The minimum atomic E-state index is -0.333. The average molecular weight is 396 g/mol. The van der Waals surface area contributed by atoms with Gasteiger partial charge >= 0.3 is 0 Å². The SMILES string of the molecule is C=CCn1cnc2oc(C)c(C(=O)N3CCN(c4ccccc4F)CC3)c2c1=O. The fourth-order valence-electron chi connectivity index (χ4n) is 3.68.